The number of ether oxygens (including phenoxy) is 1. The lowest BCUT2D eigenvalue weighted by Gasteiger charge is -2.09. The minimum Gasteiger partial charge on any atom is -0.488 e. The van der Waals surface area contributed by atoms with Gasteiger partial charge in [-0.2, -0.15) is 5.10 Å². The molecule has 0 aliphatic rings. The number of para-hydroxylation sites is 1. The number of benzene rings is 3. The molecule has 0 bridgehead atoms. The maximum absolute atomic E-state index is 6.14. The lowest BCUT2D eigenvalue weighted by Crippen LogP contribution is -2.06. The van der Waals surface area contributed by atoms with Crippen LogP contribution in [0.1, 0.15) is 16.7 Å². The summed E-state index contributed by atoms with van der Waals surface area (Å²) in [5, 5.41) is 5.02. The van der Waals surface area contributed by atoms with Gasteiger partial charge in [0.05, 0.1) is 12.8 Å². The molecule has 0 unspecified atom stereocenters. The largest absolute Gasteiger partial charge is 0.488 e. The number of nitrogens with zero attached hydrogens (tertiary/aromatic N) is 1. The molecule has 5 heteroatoms. The Morgan fingerprint density at radius 2 is 1.69 bits per heavy atom. The highest BCUT2D eigenvalue weighted by molar-refractivity contribution is 14.1. The van der Waals surface area contributed by atoms with Crippen molar-refractivity contribution in [3.8, 4) is 5.75 Å². The SMILES string of the molecule is Clc1ccccc1CN/N=C\c1ccccc1OCc1ccc(I)cc1. The first kappa shape index (κ1) is 18.7. The van der Waals surface area contributed by atoms with Gasteiger partial charge in [0.25, 0.3) is 0 Å². The van der Waals surface area contributed by atoms with E-state index in [4.69, 9.17) is 16.3 Å². The van der Waals surface area contributed by atoms with E-state index in [2.05, 4.69) is 57.4 Å². The maximum Gasteiger partial charge on any atom is 0.128 e. The van der Waals surface area contributed by atoms with E-state index >= 15 is 0 Å². The Labute approximate surface area is 172 Å². The molecule has 0 saturated heterocycles. The molecule has 3 rings (SSSR count). The van der Waals surface area contributed by atoms with Crippen LogP contribution in [0.5, 0.6) is 5.75 Å². The van der Waals surface area contributed by atoms with Crippen LogP contribution < -0.4 is 10.2 Å². The van der Waals surface area contributed by atoms with Crippen LogP contribution in [-0.2, 0) is 13.2 Å². The summed E-state index contributed by atoms with van der Waals surface area (Å²) < 4.78 is 7.17. The van der Waals surface area contributed by atoms with Crippen molar-refractivity contribution in [2.45, 2.75) is 13.2 Å². The third-order valence-corrected chi connectivity index (χ3v) is 4.84. The van der Waals surface area contributed by atoms with Crippen LogP contribution in [0, 0.1) is 3.57 Å². The maximum atomic E-state index is 6.14. The van der Waals surface area contributed by atoms with Crippen LogP contribution in [0.3, 0.4) is 0 Å². The fourth-order valence-electron chi connectivity index (χ4n) is 2.35. The molecule has 3 aromatic rings. The van der Waals surface area contributed by atoms with E-state index in [1.54, 1.807) is 6.21 Å². The Balaban J connectivity index is 1.59. The Kier molecular flexibility index (Phi) is 6.91. The molecule has 0 aromatic heterocycles. The minimum absolute atomic E-state index is 0.523. The predicted molar refractivity (Wildman–Crippen MR) is 116 cm³/mol. The molecule has 0 spiro atoms. The summed E-state index contributed by atoms with van der Waals surface area (Å²) in [5.74, 6) is 0.800. The van der Waals surface area contributed by atoms with Gasteiger partial charge in [-0.05, 0) is 64.0 Å². The van der Waals surface area contributed by atoms with Gasteiger partial charge >= 0.3 is 0 Å². The summed E-state index contributed by atoms with van der Waals surface area (Å²) in [6.45, 7) is 1.09. The third kappa shape index (κ3) is 5.47. The first-order valence-corrected chi connectivity index (χ1v) is 9.63. The van der Waals surface area contributed by atoms with Gasteiger partial charge in [-0.3, -0.25) is 0 Å². The Morgan fingerprint density at radius 1 is 0.962 bits per heavy atom. The minimum atomic E-state index is 0.523. The topological polar surface area (TPSA) is 33.6 Å². The van der Waals surface area contributed by atoms with Crippen LogP contribution in [0.15, 0.2) is 77.9 Å². The number of hydrogen-bond acceptors (Lipinski definition) is 3. The van der Waals surface area contributed by atoms with Gasteiger partial charge in [0.1, 0.15) is 12.4 Å². The zero-order valence-corrected chi connectivity index (χ0v) is 16.9. The van der Waals surface area contributed by atoms with E-state index in [1.807, 2.05) is 48.5 Å². The molecule has 0 atom stereocenters. The molecular formula is C21H18ClIN2O. The molecule has 0 fully saturated rings. The average molecular weight is 477 g/mol. The van der Waals surface area contributed by atoms with Crippen molar-refractivity contribution in [2.24, 2.45) is 5.10 Å². The Morgan fingerprint density at radius 3 is 2.50 bits per heavy atom. The summed E-state index contributed by atoms with van der Waals surface area (Å²) in [6, 6.07) is 23.9. The second kappa shape index (κ2) is 9.59. The zero-order valence-electron chi connectivity index (χ0n) is 14.0. The van der Waals surface area contributed by atoms with Gasteiger partial charge in [0, 0.05) is 14.2 Å². The van der Waals surface area contributed by atoms with Crippen LogP contribution in [0.4, 0.5) is 0 Å². The first-order valence-electron chi connectivity index (χ1n) is 8.18. The number of nitrogens with one attached hydrogen (secondary N) is 1. The van der Waals surface area contributed by atoms with Crippen molar-refractivity contribution in [1.29, 1.82) is 0 Å². The fourth-order valence-corrected chi connectivity index (χ4v) is 2.91. The summed E-state index contributed by atoms with van der Waals surface area (Å²) in [4.78, 5) is 0. The van der Waals surface area contributed by atoms with E-state index in [0.717, 1.165) is 27.5 Å². The summed E-state index contributed by atoms with van der Waals surface area (Å²) in [7, 11) is 0. The van der Waals surface area contributed by atoms with Crippen LogP contribution in [-0.4, -0.2) is 6.21 Å². The summed E-state index contributed by atoms with van der Waals surface area (Å²) >= 11 is 8.44. The van der Waals surface area contributed by atoms with E-state index in [1.165, 1.54) is 3.57 Å². The van der Waals surface area contributed by atoms with E-state index in [9.17, 15) is 0 Å². The summed E-state index contributed by atoms with van der Waals surface area (Å²) in [5.41, 5.74) is 6.09. The number of hydrogen-bond donors (Lipinski definition) is 1. The number of halogens is 2. The normalized spacial score (nSPS) is 10.8. The summed E-state index contributed by atoms with van der Waals surface area (Å²) in [6.07, 6.45) is 1.76. The molecule has 3 aromatic carbocycles. The highest BCUT2D eigenvalue weighted by atomic mass is 127. The molecule has 0 heterocycles. The lowest BCUT2D eigenvalue weighted by atomic mass is 10.2. The van der Waals surface area contributed by atoms with E-state index < -0.39 is 0 Å². The van der Waals surface area contributed by atoms with Crippen molar-refractivity contribution in [2.75, 3.05) is 0 Å². The number of hydrazone groups is 1. The zero-order chi connectivity index (χ0) is 18.2. The van der Waals surface area contributed by atoms with Gasteiger partial charge in [-0.25, -0.2) is 0 Å². The molecule has 0 aliphatic heterocycles. The molecule has 0 amide bonds. The predicted octanol–water partition coefficient (Wildman–Crippen LogP) is 5.65. The highest BCUT2D eigenvalue weighted by Crippen LogP contribution is 2.18. The van der Waals surface area contributed by atoms with Gasteiger partial charge in [-0.1, -0.05) is 54.1 Å². The Hall–Kier alpha value is -2.05. The Bertz CT molecular complexity index is 881. The second-order valence-corrected chi connectivity index (χ2v) is 7.29. The third-order valence-electron chi connectivity index (χ3n) is 3.75. The van der Waals surface area contributed by atoms with Gasteiger partial charge < -0.3 is 10.2 Å². The van der Waals surface area contributed by atoms with Gasteiger partial charge in [0.2, 0.25) is 0 Å². The van der Waals surface area contributed by atoms with Crippen molar-refractivity contribution in [3.63, 3.8) is 0 Å². The fraction of sp³-hybridized carbons (Fsp3) is 0.0952. The smallest absolute Gasteiger partial charge is 0.128 e. The van der Waals surface area contributed by atoms with Crippen LogP contribution >= 0.6 is 34.2 Å². The van der Waals surface area contributed by atoms with Crippen molar-refractivity contribution < 1.29 is 4.74 Å². The molecular weight excluding hydrogens is 459 g/mol. The molecule has 0 saturated carbocycles. The average Bonchev–Trinajstić information content (AvgIpc) is 2.67. The highest BCUT2D eigenvalue weighted by Gasteiger charge is 2.02. The van der Waals surface area contributed by atoms with Crippen LogP contribution in [0.25, 0.3) is 0 Å². The number of rotatable bonds is 7. The molecule has 3 nitrogen and oxygen atoms in total. The standard InChI is InChI=1S/C21H18ClIN2O/c22-20-7-3-1-5-17(20)13-24-25-14-18-6-2-4-8-21(18)26-15-16-9-11-19(23)12-10-16/h1-12,14,24H,13,15H2/b25-14-. The molecule has 0 aliphatic carbocycles. The van der Waals surface area contributed by atoms with Crippen molar-refractivity contribution in [3.05, 3.63) is 98.1 Å². The molecule has 26 heavy (non-hydrogen) atoms. The first-order chi connectivity index (χ1) is 12.7. The van der Waals surface area contributed by atoms with Gasteiger partial charge in [-0.15, -0.1) is 0 Å². The van der Waals surface area contributed by atoms with E-state index in [-0.39, 0.29) is 0 Å². The van der Waals surface area contributed by atoms with E-state index in [0.29, 0.717) is 13.2 Å². The van der Waals surface area contributed by atoms with Crippen LogP contribution in [0.2, 0.25) is 5.02 Å². The monoisotopic (exact) mass is 476 g/mol. The van der Waals surface area contributed by atoms with Crippen molar-refractivity contribution in [1.82, 2.24) is 5.43 Å². The molecule has 1 N–H and O–H groups in total. The molecule has 0 radical (unpaired) electrons. The lowest BCUT2D eigenvalue weighted by molar-refractivity contribution is 0.306. The quantitative estimate of drug-likeness (QED) is 0.272. The van der Waals surface area contributed by atoms with Gasteiger partial charge in [0.15, 0.2) is 0 Å². The molecule has 132 valence electrons. The second-order valence-electron chi connectivity index (χ2n) is 5.64. The van der Waals surface area contributed by atoms with Crippen molar-refractivity contribution >= 4 is 40.4 Å².